The van der Waals surface area contributed by atoms with Crippen LogP contribution in [-0.2, 0) is 6.42 Å². The first-order valence-corrected chi connectivity index (χ1v) is 7.34. The highest BCUT2D eigenvalue weighted by atomic mass is 79.9. The summed E-state index contributed by atoms with van der Waals surface area (Å²) in [5.41, 5.74) is 7.54. The molecule has 2 heterocycles. The third kappa shape index (κ3) is 3.23. The molecule has 0 unspecified atom stereocenters. The van der Waals surface area contributed by atoms with E-state index in [9.17, 15) is 0 Å². The number of thiophene rings is 1. The Morgan fingerprint density at radius 3 is 2.83 bits per heavy atom. The molecular weight excluding hydrogens is 310 g/mol. The third-order valence-corrected chi connectivity index (χ3v) is 4.44. The second kappa shape index (κ2) is 5.71. The lowest BCUT2D eigenvalue weighted by Crippen LogP contribution is -2.22. The zero-order valence-electron chi connectivity index (χ0n) is 10.5. The number of pyridine rings is 1. The molecule has 18 heavy (non-hydrogen) atoms. The molecule has 0 saturated carbocycles. The van der Waals surface area contributed by atoms with Gasteiger partial charge in [-0.05, 0) is 53.0 Å². The molecule has 0 aliphatic heterocycles. The van der Waals surface area contributed by atoms with E-state index in [0.717, 1.165) is 24.3 Å². The minimum Gasteiger partial charge on any atom is -0.397 e. The number of aromatic nitrogens is 1. The molecule has 0 aliphatic rings. The van der Waals surface area contributed by atoms with Gasteiger partial charge < -0.3 is 10.6 Å². The molecule has 2 N–H and O–H groups in total. The Kier molecular flexibility index (Phi) is 4.24. The molecule has 96 valence electrons. The van der Waals surface area contributed by atoms with E-state index in [4.69, 9.17) is 5.73 Å². The maximum atomic E-state index is 5.71. The monoisotopic (exact) mass is 325 g/mol. The van der Waals surface area contributed by atoms with Crippen LogP contribution in [0, 0.1) is 6.92 Å². The highest BCUT2D eigenvalue weighted by Gasteiger charge is 2.07. The number of likely N-dealkylation sites (N-methyl/N-ethyl adjacent to an activating group) is 1. The molecule has 0 radical (unpaired) electrons. The van der Waals surface area contributed by atoms with Crippen molar-refractivity contribution in [3.63, 3.8) is 0 Å². The zero-order valence-corrected chi connectivity index (χ0v) is 12.9. The van der Waals surface area contributed by atoms with Crippen LogP contribution in [0.4, 0.5) is 11.5 Å². The van der Waals surface area contributed by atoms with E-state index in [0.29, 0.717) is 5.69 Å². The fraction of sp³-hybridized carbons (Fsp3) is 0.308. The fourth-order valence-electron chi connectivity index (χ4n) is 1.86. The topological polar surface area (TPSA) is 42.1 Å². The molecule has 0 aromatic carbocycles. The predicted molar refractivity (Wildman–Crippen MR) is 82.4 cm³/mol. The van der Waals surface area contributed by atoms with Gasteiger partial charge in [-0.3, -0.25) is 0 Å². The maximum absolute atomic E-state index is 5.71. The summed E-state index contributed by atoms with van der Waals surface area (Å²) < 4.78 is 1.18. The van der Waals surface area contributed by atoms with E-state index in [1.165, 1.54) is 8.66 Å². The van der Waals surface area contributed by atoms with E-state index in [1.54, 1.807) is 17.5 Å². The summed E-state index contributed by atoms with van der Waals surface area (Å²) in [5.74, 6) is 1.000. The van der Waals surface area contributed by atoms with Gasteiger partial charge >= 0.3 is 0 Å². The average molecular weight is 326 g/mol. The van der Waals surface area contributed by atoms with Gasteiger partial charge in [0, 0.05) is 18.5 Å². The van der Waals surface area contributed by atoms with Crippen LogP contribution >= 0.6 is 27.3 Å². The normalized spacial score (nSPS) is 10.6. The smallest absolute Gasteiger partial charge is 0.131 e. The van der Waals surface area contributed by atoms with Gasteiger partial charge in [-0.1, -0.05) is 0 Å². The van der Waals surface area contributed by atoms with Crippen molar-refractivity contribution < 1.29 is 0 Å². The van der Waals surface area contributed by atoms with Crippen LogP contribution in [0.5, 0.6) is 0 Å². The van der Waals surface area contributed by atoms with Gasteiger partial charge in [0.15, 0.2) is 0 Å². The number of aryl methyl sites for hydroxylation is 1. The zero-order chi connectivity index (χ0) is 13.1. The van der Waals surface area contributed by atoms with Crippen molar-refractivity contribution in [2.24, 2.45) is 0 Å². The van der Waals surface area contributed by atoms with Crippen LogP contribution in [0.25, 0.3) is 0 Å². The van der Waals surface area contributed by atoms with Crippen molar-refractivity contribution in [1.82, 2.24) is 4.98 Å². The van der Waals surface area contributed by atoms with Gasteiger partial charge in [0.25, 0.3) is 0 Å². The average Bonchev–Trinajstić information content (AvgIpc) is 2.72. The Labute approximate surface area is 120 Å². The molecule has 0 aliphatic carbocycles. The SMILES string of the molecule is Cc1cc(N)cnc1N(C)CCc1ccc(Br)s1. The highest BCUT2D eigenvalue weighted by molar-refractivity contribution is 9.11. The molecule has 0 amide bonds. The molecule has 0 bridgehead atoms. The van der Waals surface area contributed by atoms with Crippen molar-refractivity contribution in [3.05, 3.63) is 38.6 Å². The van der Waals surface area contributed by atoms with Gasteiger partial charge in [-0.2, -0.15) is 0 Å². The van der Waals surface area contributed by atoms with Crippen LogP contribution in [-0.4, -0.2) is 18.6 Å². The van der Waals surface area contributed by atoms with Gasteiger partial charge in [0.1, 0.15) is 5.82 Å². The first kappa shape index (κ1) is 13.4. The van der Waals surface area contributed by atoms with Gasteiger partial charge in [0.05, 0.1) is 15.7 Å². The standard InChI is InChI=1S/C13H16BrN3S/c1-9-7-10(15)8-16-13(9)17(2)6-5-11-3-4-12(14)18-11/h3-4,7-8H,5-6,15H2,1-2H3. The summed E-state index contributed by atoms with van der Waals surface area (Å²) in [6.45, 7) is 2.99. The molecule has 0 fully saturated rings. The van der Waals surface area contributed by atoms with E-state index in [2.05, 4.69) is 45.0 Å². The molecule has 0 spiro atoms. The Morgan fingerprint density at radius 2 is 2.22 bits per heavy atom. The molecule has 2 rings (SSSR count). The first-order valence-electron chi connectivity index (χ1n) is 5.74. The number of rotatable bonds is 4. The molecule has 3 nitrogen and oxygen atoms in total. The van der Waals surface area contributed by atoms with Crippen LogP contribution in [0.1, 0.15) is 10.4 Å². The largest absolute Gasteiger partial charge is 0.397 e. The fourth-order valence-corrected chi connectivity index (χ4v) is 3.33. The Balaban J connectivity index is 2.01. The second-order valence-electron chi connectivity index (χ2n) is 4.29. The molecule has 2 aromatic rings. The minimum atomic E-state index is 0.715. The maximum Gasteiger partial charge on any atom is 0.131 e. The van der Waals surface area contributed by atoms with Crippen LogP contribution in [0.15, 0.2) is 28.2 Å². The number of hydrogen-bond acceptors (Lipinski definition) is 4. The summed E-state index contributed by atoms with van der Waals surface area (Å²) in [5, 5.41) is 0. The summed E-state index contributed by atoms with van der Waals surface area (Å²) >= 11 is 5.26. The predicted octanol–water partition coefficient (Wildman–Crippen LogP) is 3.48. The number of anilines is 2. The summed E-state index contributed by atoms with van der Waals surface area (Å²) in [6.07, 6.45) is 2.73. The highest BCUT2D eigenvalue weighted by Crippen LogP contribution is 2.23. The Morgan fingerprint density at radius 1 is 1.44 bits per heavy atom. The molecule has 5 heteroatoms. The van der Waals surface area contributed by atoms with Crippen molar-refractivity contribution in [2.45, 2.75) is 13.3 Å². The van der Waals surface area contributed by atoms with Crippen LogP contribution < -0.4 is 10.6 Å². The lowest BCUT2D eigenvalue weighted by Gasteiger charge is -2.19. The van der Waals surface area contributed by atoms with E-state index in [-0.39, 0.29) is 0 Å². The number of nitrogen functional groups attached to an aromatic ring is 1. The van der Waals surface area contributed by atoms with E-state index in [1.807, 2.05) is 13.0 Å². The Hall–Kier alpha value is -1.07. The number of hydrogen-bond donors (Lipinski definition) is 1. The number of nitrogens with zero attached hydrogens (tertiary/aromatic N) is 2. The summed E-state index contributed by atoms with van der Waals surface area (Å²) in [7, 11) is 2.06. The van der Waals surface area contributed by atoms with E-state index >= 15 is 0 Å². The van der Waals surface area contributed by atoms with Crippen LogP contribution in [0.3, 0.4) is 0 Å². The van der Waals surface area contributed by atoms with Crippen molar-refractivity contribution in [1.29, 1.82) is 0 Å². The van der Waals surface area contributed by atoms with Crippen molar-refractivity contribution in [2.75, 3.05) is 24.2 Å². The summed E-state index contributed by atoms with van der Waals surface area (Å²) in [6, 6.07) is 6.21. The number of halogens is 1. The lowest BCUT2D eigenvalue weighted by molar-refractivity contribution is 0.864. The van der Waals surface area contributed by atoms with Gasteiger partial charge in [-0.25, -0.2) is 4.98 Å². The molecule has 2 aromatic heterocycles. The third-order valence-electron chi connectivity index (χ3n) is 2.76. The number of nitrogens with two attached hydrogens (primary N) is 1. The van der Waals surface area contributed by atoms with E-state index < -0.39 is 0 Å². The van der Waals surface area contributed by atoms with Gasteiger partial charge in [0.2, 0.25) is 0 Å². The van der Waals surface area contributed by atoms with Crippen molar-refractivity contribution >= 4 is 38.8 Å². The minimum absolute atomic E-state index is 0.715. The van der Waals surface area contributed by atoms with Crippen LogP contribution in [0.2, 0.25) is 0 Å². The molecule has 0 atom stereocenters. The second-order valence-corrected chi connectivity index (χ2v) is 6.83. The summed E-state index contributed by atoms with van der Waals surface area (Å²) in [4.78, 5) is 7.94. The van der Waals surface area contributed by atoms with Gasteiger partial charge in [-0.15, -0.1) is 11.3 Å². The quantitative estimate of drug-likeness (QED) is 0.935. The van der Waals surface area contributed by atoms with Crippen molar-refractivity contribution in [3.8, 4) is 0 Å². The first-order chi connectivity index (χ1) is 8.56. The lowest BCUT2D eigenvalue weighted by atomic mass is 10.2. The Bertz CT molecular complexity index is 539. The molecular formula is C13H16BrN3S. The molecule has 0 saturated heterocycles.